The molecule has 0 saturated heterocycles. The van der Waals surface area contributed by atoms with Gasteiger partial charge in [0, 0.05) is 0 Å². The summed E-state index contributed by atoms with van der Waals surface area (Å²) in [6, 6.07) is 24.6. The third-order valence-electron chi connectivity index (χ3n) is 4.49. The molecule has 0 aliphatic carbocycles. The highest BCUT2D eigenvalue weighted by Crippen LogP contribution is 2.15. The monoisotopic (exact) mass is 342 g/mol. The molecular formula is C22H18N2O2. The fourth-order valence-corrected chi connectivity index (χ4v) is 3.20. The number of nitrogens with zero attached hydrogens (tertiary/aromatic N) is 2. The molecule has 4 aromatic rings. The molecule has 0 radical (unpaired) electrons. The lowest BCUT2D eigenvalue weighted by Crippen LogP contribution is -2.39. The molecule has 128 valence electrons. The van der Waals surface area contributed by atoms with E-state index in [1.807, 2.05) is 85.8 Å². The molecule has 0 fully saturated rings. The molecule has 0 N–H and O–H groups in total. The molecule has 0 saturated carbocycles. The van der Waals surface area contributed by atoms with Gasteiger partial charge in [-0.2, -0.15) is 0 Å². The van der Waals surface area contributed by atoms with Crippen LogP contribution in [0.25, 0.3) is 16.6 Å². The van der Waals surface area contributed by atoms with E-state index in [2.05, 4.69) is 0 Å². The van der Waals surface area contributed by atoms with Crippen LogP contribution in [0.3, 0.4) is 0 Å². The molecule has 4 heteroatoms. The molecule has 26 heavy (non-hydrogen) atoms. The molecule has 1 aromatic heterocycles. The maximum Gasteiger partial charge on any atom is 0.336 e. The van der Waals surface area contributed by atoms with Gasteiger partial charge >= 0.3 is 5.69 Å². The minimum absolute atomic E-state index is 0.245. The highest BCUT2D eigenvalue weighted by molar-refractivity contribution is 5.80. The highest BCUT2D eigenvalue weighted by atomic mass is 16.2. The Balaban J connectivity index is 2.07. The van der Waals surface area contributed by atoms with Crippen molar-refractivity contribution in [3.63, 3.8) is 0 Å². The summed E-state index contributed by atoms with van der Waals surface area (Å²) in [7, 11) is 0. The summed E-state index contributed by atoms with van der Waals surface area (Å²) in [5.74, 6) is 0. The van der Waals surface area contributed by atoms with Crippen LogP contribution in [0.15, 0.2) is 88.5 Å². The summed E-state index contributed by atoms with van der Waals surface area (Å²) in [4.78, 5) is 26.3. The van der Waals surface area contributed by atoms with Crippen LogP contribution in [0.5, 0.6) is 0 Å². The summed E-state index contributed by atoms with van der Waals surface area (Å²) in [6.07, 6.45) is 0. The van der Waals surface area contributed by atoms with Crippen molar-refractivity contribution >= 4 is 10.9 Å². The van der Waals surface area contributed by atoms with E-state index in [9.17, 15) is 9.59 Å². The Hall–Kier alpha value is -3.40. The minimum Gasteiger partial charge on any atom is -0.268 e. The predicted molar refractivity (Wildman–Crippen MR) is 104 cm³/mol. The van der Waals surface area contributed by atoms with Gasteiger partial charge in [-0.05, 0) is 36.8 Å². The van der Waals surface area contributed by atoms with E-state index in [0.717, 1.165) is 16.8 Å². The Labute approximate surface area is 150 Å². The summed E-state index contributed by atoms with van der Waals surface area (Å²) in [5, 5.41) is 0.546. The van der Waals surface area contributed by atoms with Crippen LogP contribution in [0.2, 0.25) is 0 Å². The van der Waals surface area contributed by atoms with Crippen molar-refractivity contribution in [2.45, 2.75) is 13.5 Å². The first kappa shape index (κ1) is 16.1. The van der Waals surface area contributed by atoms with Crippen molar-refractivity contribution < 1.29 is 0 Å². The topological polar surface area (TPSA) is 44.0 Å². The number of para-hydroxylation sites is 1. The maximum absolute atomic E-state index is 13.2. The first-order chi connectivity index (χ1) is 12.6. The summed E-state index contributed by atoms with van der Waals surface area (Å²) in [6.45, 7) is 2.19. The zero-order valence-electron chi connectivity index (χ0n) is 14.4. The SMILES string of the molecule is Cc1ccc2c(c1)c(=O)n(Cc1ccccc1)c(=O)n2-c1ccccc1. The smallest absolute Gasteiger partial charge is 0.268 e. The van der Waals surface area contributed by atoms with E-state index in [0.29, 0.717) is 10.9 Å². The lowest BCUT2D eigenvalue weighted by molar-refractivity contribution is 0.685. The second-order valence-corrected chi connectivity index (χ2v) is 6.35. The van der Waals surface area contributed by atoms with Crippen LogP contribution in [-0.4, -0.2) is 9.13 Å². The third-order valence-corrected chi connectivity index (χ3v) is 4.49. The van der Waals surface area contributed by atoms with Crippen molar-refractivity contribution in [2.24, 2.45) is 0 Å². The Morgan fingerprint density at radius 3 is 2.15 bits per heavy atom. The van der Waals surface area contributed by atoms with Gasteiger partial charge < -0.3 is 0 Å². The fourth-order valence-electron chi connectivity index (χ4n) is 3.20. The Bertz CT molecular complexity index is 1190. The molecule has 0 spiro atoms. The molecule has 0 amide bonds. The molecule has 0 atom stereocenters. The van der Waals surface area contributed by atoms with Gasteiger partial charge in [0.25, 0.3) is 5.56 Å². The van der Waals surface area contributed by atoms with Crippen LogP contribution in [-0.2, 0) is 6.54 Å². The zero-order valence-corrected chi connectivity index (χ0v) is 14.4. The highest BCUT2D eigenvalue weighted by Gasteiger charge is 2.14. The first-order valence-corrected chi connectivity index (χ1v) is 8.51. The van der Waals surface area contributed by atoms with Gasteiger partial charge in [0.05, 0.1) is 23.1 Å². The van der Waals surface area contributed by atoms with Gasteiger partial charge in [0.2, 0.25) is 0 Å². The minimum atomic E-state index is -0.332. The van der Waals surface area contributed by atoms with Gasteiger partial charge in [-0.3, -0.25) is 13.9 Å². The second-order valence-electron chi connectivity index (χ2n) is 6.35. The largest absolute Gasteiger partial charge is 0.336 e. The lowest BCUT2D eigenvalue weighted by Gasteiger charge is -2.14. The summed E-state index contributed by atoms with van der Waals surface area (Å²) < 4.78 is 2.92. The Morgan fingerprint density at radius 2 is 1.46 bits per heavy atom. The third kappa shape index (κ3) is 2.75. The van der Waals surface area contributed by atoms with Crippen molar-refractivity contribution in [2.75, 3.05) is 0 Å². The standard InChI is InChI=1S/C22H18N2O2/c1-16-12-13-20-19(14-16)21(25)23(15-17-8-4-2-5-9-17)22(26)24(20)18-10-6-3-7-11-18/h2-14H,15H2,1H3. The van der Waals surface area contributed by atoms with Crippen LogP contribution in [0.1, 0.15) is 11.1 Å². The van der Waals surface area contributed by atoms with Crippen LogP contribution >= 0.6 is 0 Å². The van der Waals surface area contributed by atoms with E-state index < -0.39 is 0 Å². The molecule has 0 aliphatic rings. The fraction of sp³-hybridized carbons (Fsp3) is 0.0909. The normalized spacial score (nSPS) is 11.0. The molecule has 4 nitrogen and oxygen atoms in total. The average molecular weight is 342 g/mol. The van der Waals surface area contributed by atoms with E-state index >= 15 is 0 Å². The van der Waals surface area contributed by atoms with Gasteiger partial charge in [0.15, 0.2) is 0 Å². The number of aryl methyl sites for hydroxylation is 1. The van der Waals surface area contributed by atoms with E-state index in [1.54, 1.807) is 4.57 Å². The van der Waals surface area contributed by atoms with Gasteiger partial charge in [0.1, 0.15) is 0 Å². The van der Waals surface area contributed by atoms with Gasteiger partial charge in [-0.15, -0.1) is 0 Å². The summed E-state index contributed by atoms with van der Waals surface area (Å²) in [5.41, 5.74) is 2.68. The molecular weight excluding hydrogens is 324 g/mol. The Morgan fingerprint density at radius 1 is 0.808 bits per heavy atom. The number of hydrogen-bond acceptors (Lipinski definition) is 2. The van der Waals surface area contributed by atoms with Gasteiger partial charge in [-0.25, -0.2) is 4.79 Å². The molecule has 3 aromatic carbocycles. The molecule has 0 bridgehead atoms. The number of fused-ring (bicyclic) bond motifs is 1. The lowest BCUT2D eigenvalue weighted by atomic mass is 10.1. The summed E-state index contributed by atoms with van der Waals surface area (Å²) >= 11 is 0. The maximum atomic E-state index is 13.2. The predicted octanol–water partition coefficient (Wildman–Crippen LogP) is 3.51. The van der Waals surface area contributed by atoms with Crippen molar-refractivity contribution in [1.82, 2.24) is 9.13 Å². The van der Waals surface area contributed by atoms with Crippen molar-refractivity contribution in [3.05, 3.63) is 111 Å². The number of aromatic nitrogens is 2. The molecule has 0 aliphatic heterocycles. The van der Waals surface area contributed by atoms with Crippen LogP contribution in [0, 0.1) is 6.92 Å². The zero-order chi connectivity index (χ0) is 18.1. The van der Waals surface area contributed by atoms with E-state index in [1.165, 1.54) is 4.57 Å². The first-order valence-electron chi connectivity index (χ1n) is 8.51. The molecule has 4 rings (SSSR count). The van der Waals surface area contributed by atoms with Crippen LogP contribution in [0.4, 0.5) is 0 Å². The molecule has 0 unspecified atom stereocenters. The number of hydrogen-bond donors (Lipinski definition) is 0. The number of benzene rings is 3. The van der Waals surface area contributed by atoms with E-state index in [4.69, 9.17) is 0 Å². The van der Waals surface area contributed by atoms with Crippen molar-refractivity contribution in [1.29, 1.82) is 0 Å². The van der Waals surface area contributed by atoms with Crippen LogP contribution < -0.4 is 11.2 Å². The molecule has 1 heterocycles. The van der Waals surface area contributed by atoms with Gasteiger partial charge in [-0.1, -0.05) is 60.2 Å². The van der Waals surface area contributed by atoms with E-state index in [-0.39, 0.29) is 17.8 Å². The quantitative estimate of drug-likeness (QED) is 0.572. The Kier molecular flexibility index (Phi) is 4.01. The average Bonchev–Trinajstić information content (AvgIpc) is 2.67. The number of rotatable bonds is 3. The van der Waals surface area contributed by atoms with Crippen molar-refractivity contribution in [3.8, 4) is 5.69 Å². The second kappa shape index (κ2) is 6.48.